The van der Waals surface area contributed by atoms with Crippen LogP contribution in [-0.4, -0.2) is 38.9 Å². The van der Waals surface area contributed by atoms with Crippen molar-refractivity contribution in [1.82, 2.24) is 38.9 Å². The standard InChI is InChI=1S/C32H40N8O2/c1-6-7-8-13-28-34-30-29(31(41)39(19-23(4)5)32(42)38(30)18-22(2)3)37(28)20-24-14-16-25(17-15-24)26-11-9-10-12-27(26)40-21-33-35-36-40/h9-12,14-17,21-23H,6-8,13,18-20H2,1-5H3. The number of nitrogens with zero attached hydrogens (tertiary/aromatic N) is 8. The lowest BCUT2D eigenvalue weighted by Crippen LogP contribution is -2.42. The van der Waals surface area contributed by atoms with Crippen molar-refractivity contribution < 1.29 is 0 Å². The molecule has 3 heterocycles. The van der Waals surface area contributed by atoms with Crippen LogP contribution in [0, 0.1) is 11.8 Å². The molecule has 0 spiro atoms. The predicted octanol–water partition coefficient (Wildman–Crippen LogP) is 5.10. The first-order valence-electron chi connectivity index (χ1n) is 14.9. The molecule has 0 aliphatic carbocycles. The quantitative estimate of drug-likeness (QED) is 0.194. The molecule has 10 heteroatoms. The van der Waals surface area contributed by atoms with E-state index in [1.54, 1.807) is 15.6 Å². The Labute approximate surface area is 245 Å². The van der Waals surface area contributed by atoms with E-state index in [0.717, 1.165) is 53.9 Å². The van der Waals surface area contributed by atoms with Crippen LogP contribution in [0.5, 0.6) is 0 Å². The van der Waals surface area contributed by atoms with Crippen LogP contribution in [0.15, 0.2) is 64.4 Å². The summed E-state index contributed by atoms with van der Waals surface area (Å²) in [6.07, 6.45) is 5.48. The fourth-order valence-corrected chi connectivity index (χ4v) is 5.45. The van der Waals surface area contributed by atoms with Crippen LogP contribution in [0.1, 0.15) is 65.3 Å². The molecule has 0 fully saturated rings. The van der Waals surface area contributed by atoms with Gasteiger partial charge in [0.05, 0.1) is 5.69 Å². The van der Waals surface area contributed by atoms with Crippen LogP contribution in [0.25, 0.3) is 28.0 Å². The topological polar surface area (TPSA) is 105 Å². The Morgan fingerprint density at radius 2 is 1.55 bits per heavy atom. The molecule has 0 saturated carbocycles. The molecule has 42 heavy (non-hydrogen) atoms. The maximum Gasteiger partial charge on any atom is 0.332 e. The number of hydrogen-bond donors (Lipinski definition) is 0. The Morgan fingerprint density at radius 3 is 2.21 bits per heavy atom. The monoisotopic (exact) mass is 568 g/mol. The van der Waals surface area contributed by atoms with E-state index in [1.807, 2.05) is 42.7 Å². The van der Waals surface area contributed by atoms with Gasteiger partial charge in [0, 0.05) is 31.6 Å². The number of aryl methyl sites for hydroxylation is 1. The second-order valence-corrected chi connectivity index (χ2v) is 11.8. The highest BCUT2D eigenvalue weighted by molar-refractivity contribution is 5.73. The molecule has 0 saturated heterocycles. The first-order chi connectivity index (χ1) is 20.3. The van der Waals surface area contributed by atoms with Crippen LogP contribution in [0.2, 0.25) is 0 Å². The zero-order chi connectivity index (χ0) is 29.8. The number of para-hydroxylation sites is 1. The van der Waals surface area contributed by atoms with E-state index in [2.05, 4.69) is 60.6 Å². The molecular formula is C32H40N8O2. The lowest BCUT2D eigenvalue weighted by atomic mass is 10.0. The second-order valence-electron chi connectivity index (χ2n) is 11.8. The van der Waals surface area contributed by atoms with Crippen LogP contribution >= 0.6 is 0 Å². The molecule has 0 amide bonds. The van der Waals surface area contributed by atoms with Crippen LogP contribution < -0.4 is 11.2 Å². The number of hydrogen-bond acceptors (Lipinski definition) is 6. The van der Waals surface area contributed by atoms with Gasteiger partial charge >= 0.3 is 5.69 Å². The first-order valence-corrected chi connectivity index (χ1v) is 14.9. The Bertz CT molecular complexity index is 1760. The SMILES string of the molecule is CCCCCc1nc2c(c(=O)n(CC(C)C)c(=O)n2CC(C)C)n1Cc1ccc(-c2ccccc2-n2cnnn2)cc1. The summed E-state index contributed by atoms with van der Waals surface area (Å²) in [5.41, 5.74) is 4.46. The van der Waals surface area contributed by atoms with Crippen LogP contribution in [0.3, 0.4) is 0 Å². The van der Waals surface area contributed by atoms with Gasteiger partial charge in [-0.2, -0.15) is 4.68 Å². The third kappa shape index (κ3) is 5.98. The molecule has 0 aliphatic heterocycles. The lowest BCUT2D eigenvalue weighted by molar-refractivity contribution is 0.450. The number of aromatic nitrogens is 8. The highest BCUT2D eigenvalue weighted by Crippen LogP contribution is 2.27. The van der Waals surface area contributed by atoms with E-state index in [4.69, 9.17) is 4.98 Å². The van der Waals surface area contributed by atoms with E-state index in [-0.39, 0.29) is 23.1 Å². The summed E-state index contributed by atoms with van der Waals surface area (Å²) in [5, 5.41) is 11.6. The number of imidazole rings is 1. The van der Waals surface area contributed by atoms with Gasteiger partial charge in [-0.3, -0.25) is 13.9 Å². The number of unbranched alkanes of at least 4 members (excludes halogenated alkanes) is 2. The second kappa shape index (κ2) is 12.7. The molecule has 0 atom stereocenters. The van der Waals surface area contributed by atoms with Gasteiger partial charge < -0.3 is 4.57 Å². The Kier molecular flexibility index (Phi) is 8.80. The molecule has 2 aromatic carbocycles. The van der Waals surface area contributed by atoms with Gasteiger partial charge in [0.15, 0.2) is 11.2 Å². The maximum atomic E-state index is 13.9. The van der Waals surface area contributed by atoms with E-state index in [1.165, 1.54) is 4.57 Å². The summed E-state index contributed by atoms with van der Waals surface area (Å²) in [7, 11) is 0. The van der Waals surface area contributed by atoms with Gasteiger partial charge in [-0.15, -0.1) is 5.10 Å². The van der Waals surface area contributed by atoms with E-state index in [9.17, 15) is 9.59 Å². The molecule has 5 rings (SSSR count). The normalized spacial score (nSPS) is 11.8. The Hall–Kier alpha value is -4.34. The predicted molar refractivity (Wildman–Crippen MR) is 165 cm³/mol. The Balaban J connectivity index is 1.60. The third-order valence-corrected chi connectivity index (χ3v) is 7.40. The fourth-order valence-electron chi connectivity index (χ4n) is 5.45. The molecule has 0 unspecified atom stereocenters. The van der Waals surface area contributed by atoms with Gasteiger partial charge in [-0.1, -0.05) is 89.9 Å². The highest BCUT2D eigenvalue weighted by Gasteiger charge is 2.22. The summed E-state index contributed by atoms with van der Waals surface area (Å²) in [6.45, 7) is 11.7. The Morgan fingerprint density at radius 1 is 0.833 bits per heavy atom. The minimum absolute atomic E-state index is 0.157. The summed E-state index contributed by atoms with van der Waals surface area (Å²) < 4.78 is 6.82. The zero-order valence-corrected chi connectivity index (χ0v) is 25.2. The summed E-state index contributed by atoms with van der Waals surface area (Å²) in [6, 6.07) is 16.3. The fraction of sp³-hybridized carbons (Fsp3) is 0.438. The average Bonchev–Trinajstić information content (AvgIpc) is 3.63. The molecule has 0 aliphatic rings. The summed E-state index contributed by atoms with van der Waals surface area (Å²) >= 11 is 0. The lowest BCUT2D eigenvalue weighted by Gasteiger charge is -2.15. The van der Waals surface area contributed by atoms with Crippen molar-refractivity contribution >= 4 is 11.2 Å². The summed E-state index contributed by atoms with van der Waals surface area (Å²) in [4.78, 5) is 32.5. The molecule has 10 nitrogen and oxygen atoms in total. The van der Waals surface area contributed by atoms with Gasteiger partial charge in [-0.25, -0.2) is 9.78 Å². The number of benzene rings is 2. The van der Waals surface area contributed by atoms with Gasteiger partial charge in [0.25, 0.3) is 5.56 Å². The molecule has 220 valence electrons. The number of fused-ring (bicyclic) bond motifs is 1. The minimum Gasteiger partial charge on any atom is -0.318 e. The van der Waals surface area contributed by atoms with E-state index < -0.39 is 0 Å². The summed E-state index contributed by atoms with van der Waals surface area (Å²) in [5.74, 6) is 1.24. The van der Waals surface area contributed by atoms with Crippen molar-refractivity contribution in [3.63, 3.8) is 0 Å². The van der Waals surface area contributed by atoms with Crippen molar-refractivity contribution in [2.75, 3.05) is 0 Å². The van der Waals surface area contributed by atoms with Crippen molar-refractivity contribution in [2.45, 2.75) is 79.9 Å². The molecule has 0 bridgehead atoms. The number of tetrazole rings is 1. The highest BCUT2D eigenvalue weighted by atomic mass is 16.2. The first kappa shape index (κ1) is 29.2. The van der Waals surface area contributed by atoms with Crippen LogP contribution in [0.4, 0.5) is 0 Å². The van der Waals surface area contributed by atoms with Gasteiger partial charge in [0.2, 0.25) is 0 Å². The van der Waals surface area contributed by atoms with Crippen molar-refractivity contribution in [3.8, 4) is 16.8 Å². The molecular weight excluding hydrogens is 528 g/mol. The molecule has 3 aromatic heterocycles. The minimum atomic E-state index is -0.273. The van der Waals surface area contributed by atoms with Crippen molar-refractivity contribution in [3.05, 3.63) is 87.1 Å². The van der Waals surface area contributed by atoms with Crippen molar-refractivity contribution in [1.29, 1.82) is 0 Å². The van der Waals surface area contributed by atoms with Crippen LogP contribution in [-0.2, 0) is 26.1 Å². The van der Waals surface area contributed by atoms with E-state index >= 15 is 0 Å². The average molecular weight is 569 g/mol. The molecule has 5 aromatic rings. The van der Waals surface area contributed by atoms with E-state index in [0.29, 0.717) is 30.8 Å². The zero-order valence-electron chi connectivity index (χ0n) is 25.2. The smallest absolute Gasteiger partial charge is 0.318 e. The molecule has 0 radical (unpaired) electrons. The van der Waals surface area contributed by atoms with Gasteiger partial charge in [0.1, 0.15) is 12.2 Å². The largest absolute Gasteiger partial charge is 0.332 e. The van der Waals surface area contributed by atoms with Gasteiger partial charge in [-0.05, 0) is 45.9 Å². The third-order valence-electron chi connectivity index (χ3n) is 7.40. The molecule has 0 N–H and O–H groups in total. The van der Waals surface area contributed by atoms with Crippen molar-refractivity contribution in [2.24, 2.45) is 11.8 Å². The number of rotatable bonds is 12. The maximum absolute atomic E-state index is 13.9.